The van der Waals surface area contributed by atoms with E-state index in [0.29, 0.717) is 18.0 Å². The maximum Gasteiger partial charge on any atom is 0.395 e. The van der Waals surface area contributed by atoms with E-state index in [1.165, 1.54) is 0 Å². The van der Waals surface area contributed by atoms with Crippen LogP contribution in [0.3, 0.4) is 0 Å². The molecule has 0 saturated carbocycles. The second kappa shape index (κ2) is 4.72. The SMILES string of the molecule is CNc1nc2nc[nH]c2c[n+]1C1C[C@H](O)[C@@H](CO)O1. The van der Waals surface area contributed by atoms with Gasteiger partial charge in [-0.3, -0.25) is 5.32 Å². The predicted molar refractivity (Wildman–Crippen MR) is 65.3 cm³/mol. The van der Waals surface area contributed by atoms with Crippen molar-refractivity contribution in [2.24, 2.45) is 0 Å². The van der Waals surface area contributed by atoms with Gasteiger partial charge in [-0.05, 0) is 4.98 Å². The molecule has 0 amide bonds. The van der Waals surface area contributed by atoms with Gasteiger partial charge in [0.25, 0.3) is 5.65 Å². The van der Waals surface area contributed by atoms with Crippen LogP contribution in [0.25, 0.3) is 11.2 Å². The molecule has 0 aromatic carbocycles. The summed E-state index contributed by atoms with van der Waals surface area (Å²) in [4.78, 5) is 11.4. The van der Waals surface area contributed by atoms with E-state index in [1.807, 2.05) is 6.20 Å². The summed E-state index contributed by atoms with van der Waals surface area (Å²) >= 11 is 0. The molecule has 1 unspecified atom stereocenters. The minimum Gasteiger partial charge on any atom is -0.394 e. The fourth-order valence-electron chi connectivity index (χ4n) is 2.29. The Morgan fingerprint density at radius 2 is 2.47 bits per heavy atom. The Morgan fingerprint density at radius 3 is 3.16 bits per heavy atom. The average Bonchev–Trinajstić information content (AvgIpc) is 3.02. The van der Waals surface area contributed by atoms with Crippen LogP contribution in [-0.4, -0.2) is 51.0 Å². The third-order valence-corrected chi connectivity index (χ3v) is 3.29. The Balaban J connectivity index is 1.99. The summed E-state index contributed by atoms with van der Waals surface area (Å²) in [6.07, 6.45) is 2.21. The first kappa shape index (κ1) is 12.3. The number of ether oxygens (including phenoxy) is 1. The van der Waals surface area contributed by atoms with Crippen LogP contribution in [0.15, 0.2) is 12.5 Å². The van der Waals surface area contributed by atoms with Crippen LogP contribution < -0.4 is 9.88 Å². The number of aliphatic hydroxyl groups is 2. The van der Waals surface area contributed by atoms with Crippen molar-refractivity contribution in [1.29, 1.82) is 0 Å². The van der Waals surface area contributed by atoms with Gasteiger partial charge < -0.3 is 19.9 Å². The van der Waals surface area contributed by atoms with Gasteiger partial charge in [-0.2, -0.15) is 0 Å². The third-order valence-electron chi connectivity index (χ3n) is 3.29. The first-order valence-electron chi connectivity index (χ1n) is 6.10. The Labute approximate surface area is 109 Å². The van der Waals surface area contributed by atoms with Crippen molar-refractivity contribution >= 4 is 17.1 Å². The zero-order valence-electron chi connectivity index (χ0n) is 10.4. The predicted octanol–water partition coefficient (Wildman–Crippen LogP) is -1.07. The van der Waals surface area contributed by atoms with E-state index in [0.717, 1.165) is 5.52 Å². The minimum absolute atomic E-state index is 0.202. The highest BCUT2D eigenvalue weighted by molar-refractivity contribution is 5.68. The zero-order valence-corrected chi connectivity index (χ0v) is 10.4. The van der Waals surface area contributed by atoms with Gasteiger partial charge in [0, 0.05) is 6.42 Å². The van der Waals surface area contributed by atoms with E-state index < -0.39 is 12.2 Å². The third kappa shape index (κ3) is 2.03. The smallest absolute Gasteiger partial charge is 0.394 e. The largest absolute Gasteiger partial charge is 0.395 e. The van der Waals surface area contributed by atoms with Gasteiger partial charge in [0.15, 0.2) is 6.23 Å². The lowest BCUT2D eigenvalue weighted by Gasteiger charge is -2.12. The summed E-state index contributed by atoms with van der Waals surface area (Å²) in [6, 6.07) is 0. The molecule has 1 aliphatic heterocycles. The van der Waals surface area contributed by atoms with Gasteiger partial charge in [-0.15, -0.1) is 0 Å². The van der Waals surface area contributed by atoms with Gasteiger partial charge >= 0.3 is 5.95 Å². The van der Waals surface area contributed by atoms with Crippen molar-refractivity contribution in [3.8, 4) is 0 Å². The molecule has 2 aromatic heterocycles. The number of H-pyrrole nitrogens is 1. The summed E-state index contributed by atoms with van der Waals surface area (Å²) in [5, 5.41) is 21.9. The van der Waals surface area contributed by atoms with Crippen LogP contribution >= 0.6 is 0 Å². The van der Waals surface area contributed by atoms with Gasteiger partial charge in [0.05, 0.1) is 32.3 Å². The molecule has 1 fully saturated rings. The van der Waals surface area contributed by atoms with Crippen molar-refractivity contribution < 1.29 is 19.5 Å². The molecule has 3 atom stereocenters. The number of nitrogens with zero attached hydrogens (tertiary/aromatic N) is 3. The number of aliphatic hydroxyl groups excluding tert-OH is 2. The number of fused-ring (bicyclic) bond motifs is 1. The van der Waals surface area contributed by atoms with Gasteiger partial charge in [0.1, 0.15) is 11.6 Å². The number of anilines is 1. The molecule has 4 N–H and O–H groups in total. The summed E-state index contributed by atoms with van der Waals surface area (Å²) in [5.41, 5.74) is 1.39. The van der Waals surface area contributed by atoms with Crippen molar-refractivity contribution in [3.05, 3.63) is 12.5 Å². The fourth-order valence-corrected chi connectivity index (χ4v) is 2.29. The molecule has 0 radical (unpaired) electrons. The molecule has 8 nitrogen and oxygen atoms in total. The maximum atomic E-state index is 9.80. The van der Waals surface area contributed by atoms with Crippen molar-refractivity contribution in [1.82, 2.24) is 15.0 Å². The molecule has 3 heterocycles. The second-order valence-electron chi connectivity index (χ2n) is 4.48. The Bertz CT molecular complexity index is 587. The molecule has 102 valence electrons. The van der Waals surface area contributed by atoms with Gasteiger partial charge in [-0.1, -0.05) is 0 Å². The lowest BCUT2D eigenvalue weighted by molar-refractivity contribution is -0.748. The molecule has 0 spiro atoms. The number of hydrogen-bond donors (Lipinski definition) is 4. The van der Waals surface area contributed by atoms with E-state index in [1.54, 1.807) is 17.9 Å². The lowest BCUT2D eigenvalue weighted by atomic mass is 10.2. The monoisotopic (exact) mass is 266 g/mol. The van der Waals surface area contributed by atoms with Gasteiger partial charge in [-0.25, -0.2) is 9.55 Å². The molecule has 0 aliphatic carbocycles. The minimum atomic E-state index is -0.676. The van der Waals surface area contributed by atoms with Crippen LogP contribution in [0.4, 0.5) is 5.95 Å². The topological polar surface area (TPSA) is 107 Å². The van der Waals surface area contributed by atoms with Crippen molar-refractivity contribution in [2.75, 3.05) is 19.0 Å². The highest BCUT2D eigenvalue weighted by Crippen LogP contribution is 2.25. The lowest BCUT2D eigenvalue weighted by Crippen LogP contribution is -2.42. The number of aromatic amines is 1. The molecule has 1 aliphatic rings. The van der Waals surface area contributed by atoms with E-state index in [2.05, 4.69) is 20.3 Å². The average molecular weight is 266 g/mol. The van der Waals surface area contributed by atoms with Crippen molar-refractivity contribution in [2.45, 2.75) is 24.9 Å². The highest BCUT2D eigenvalue weighted by atomic mass is 16.5. The molecule has 19 heavy (non-hydrogen) atoms. The standard InChI is InChI=1S/C11H15N5O3/c1-12-11-15-10-6(13-5-14-10)3-16(11)9-2-7(18)8(4-17)19-9/h3,5,7-9,17-18H,2,4H2,1H3,(H,12,13,14,15)/p+1/t7-,8+,9?/m0/s1. The maximum absolute atomic E-state index is 9.80. The molecule has 8 heteroatoms. The number of nitrogens with one attached hydrogen (secondary N) is 2. The fraction of sp³-hybridized carbons (Fsp3) is 0.545. The quantitative estimate of drug-likeness (QED) is 0.527. The first-order valence-corrected chi connectivity index (χ1v) is 6.10. The number of hydrogen-bond acceptors (Lipinski definition) is 6. The molecule has 1 saturated heterocycles. The molecular formula is C11H16N5O3+. The Hall–Kier alpha value is -1.77. The number of aromatic nitrogens is 4. The van der Waals surface area contributed by atoms with Crippen LogP contribution in [0.2, 0.25) is 0 Å². The number of rotatable bonds is 3. The second-order valence-corrected chi connectivity index (χ2v) is 4.48. The first-order chi connectivity index (χ1) is 9.22. The summed E-state index contributed by atoms with van der Waals surface area (Å²) in [5.74, 6) is 0.593. The van der Waals surface area contributed by atoms with E-state index in [9.17, 15) is 5.11 Å². The van der Waals surface area contributed by atoms with Crippen molar-refractivity contribution in [3.63, 3.8) is 0 Å². The summed E-state index contributed by atoms with van der Waals surface area (Å²) in [7, 11) is 1.76. The summed E-state index contributed by atoms with van der Waals surface area (Å²) < 4.78 is 7.42. The highest BCUT2D eigenvalue weighted by Gasteiger charge is 2.37. The molecule has 0 bridgehead atoms. The van der Waals surface area contributed by atoms with E-state index >= 15 is 0 Å². The van der Waals surface area contributed by atoms with Crippen LogP contribution in [0.5, 0.6) is 0 Å². The summed E-state index contributed by atoms with van der Waals surface area (Å²) in [6.45, 7) is -0.202. The Morgan fingerprint density at radius 1 is 1.63 bits per heavy atom. The van der Waals surface area contributed by atoms with E-state index in [-0.39, 0.29) is 12.8 Å². The molecule has 3 rings (SSSR count). The van der Waals surface area contributed by atoms with Crippen LogP contribution in [0.1, 0.15) is 12.6 Å². The molecular weight excluding hydrogens is 250 g/mol. The zero-order chi connectivity index (χ0) is 13.4. The van der Waals surface area contributed by atoms with Crippen LogP contribution in [-0.2, 0) is 4.74 Å². The van der Waals surface area contributed by atoms with E-state index in [4.69, 9.17) is 9.84 Å². The van der Waals surface area contributed by atoms with Crippen LogP contribution in [0, 0.1) is 0 Å². The Kier molecular flexibility index (Phi) is 3.05. The number of imidazole rings is 1. The van der Waals surface area contributed by atoms with Gasteiger partial charge in [0.2, 0.25) is 0 Å². The molecule has 2 aromatic rings. The normalized spacial score (nSPS) is 27.0.